The van der Waals surface area contributed by atoms with E-state index in [4.69, 9.17) is 4.42 Å². The van der Waals surface area contributed by atoms with Gasteiger partial charge in [-0.1, -0.05) is 24.6 Å². The van der Waals surface area contributed by atoms with Gasteiger partial charge in [-0.3, -0.25) is 4.79 Å². The number of rotatable bonds is 4. The Kier molecular flexibility index (Phi) is 3.30. The Morgan fingerprint density at radius 3 is 2.86 bits per heavy atom. The van der Waals surface area contributed by atoms with Crippen molar-refractivity contribution in [3.63, 3.8) is 0 Å². The molecule has 0 unspecified atom stereocenters. The van der Waals surface area contributed by atoms with Crippen molar-refractivity contribution in [2.75, 3.05) is 5.75 Å². The molecule has 3 heteroatoms. The fraction of sp³-hybridized carbons (Fsp3) is 0.545. The first kappa shape index (κ1) is 9.84. The van der Waals surface area contributed by atoms with Gasteiger partial charge in [-0.2, -0.15) is 0 Å². The highest BCUT2D eigenvalue weighted by atomic mass is 32.2. The Balaban J connectivity index is 1.81. The van der Waals surface area contributed by atoms with Crippen LogP contribution >= 0.6 is 11.8 Å². The van der Waals surface area contributed by atoms with E-state index in [1.165, 1.54) is 25.7 Å². The van der Waals surface area contributed by atoms with Crippen LogP contribution < -0.4 is 0 Å². The number of furan rings is 1. The molecular weight excluding hydrogens is 196 g/mol. The Bertz CT molecular complexity index is 300. The minimum Gasteiger partial charge on any atom is -0.447 e. The van der Waals surface area contributed by atoms with Crippen molar-refractivity contribution in [2.24, 2.45) is 5.92 Å². The monoisotopic (exact) mass is 210 g/mol. The Labute approximate surface area is 88.1 Å². The number of hydrogen-bond acceptors (Lipinski definition) is 3. The standard InChI is InChI=1S/C11H14O2S/c12-7-10-5-6-11(13-10)14-8-9-3-1-2-4-9/h5-7,9H,1-4,8H2. The van der Waals surface area contributed by atoms with Crippen LogP contribution in [0.2, 0.25) is 0 Å². The van der Waals surface area contributed by atoms with Gasteiger partial charge in [0.15, 0.2) is 17.1 Å². The fourth-order valence-electron chi connectivity index (χ4n) is 1.85. The molecule has 0 aliphatic heterocycles. The minimum absolute atomic E-state index is 0.430. The summed E-state index contributed by atoms with van der Waals surface area (Å²) >= 11 is 1.73. The van der Waals surface area contributed by atoms with Crippen LogP contribution in [0.4, 0.5) is 0 Å². The third kappa shape index (κ3) is 2.41. The summed E-state index contributed by atoms with van der Waals surface area (Å²) in [4.78, 5) is 10.4. The third-order valence-electron chi connectivity index (χ3n) is 2.65. The summed E-state index contributed by atoms with van der Waals surface area (Å²) in [5.41, 5.74) is 0. The highest BCUT2D eigenvalue weighted by Crippen LogP contribution is 2.31. The first-order chi connectivity index (χ1) is 6.88. The molecule has 2 rings (SSSR count). The zero-order valence-electron chi connectivity index (χ0n) is 8.07. The SMILES string of the molecule is O=Cc1ccc(SCC2CCCC2)o1. The molecule has 14 heavy (non-hydrogen) atoms. The molecule has 2 nitrogen and oxygen atoms in total. The molecule has 0 bridgehead atoms. The number of carbonyl (C=O) groups excluding carboxylic acids is 1. The number of thioether (sulfide) groups is 1. The topological polar surface area (TPSA) is 30.2 Å². The lowest BCUT2D eigenvalue weighted by Crippen LogP contribution is -1.95. The molecule has 0 amide bonds. The van der Waals surface area contributed by atoms with Crippen LogP contribution in [0, 0.1) is 5.92 Å². The van der Waals surface area contributed by atoms with Crippen molar-refractivity contribution in [2.45, 2.75) is 30.8 Å². The van der Waals surface area contributed by atoms with Crippen LogP contribution in [0.3, 0.4) is 0 Å². The van der Waals surface area contributed by atoms with Gasteiger partial charge in [-0.25, -0.2) is 0 Å². The van der Waals surface area contributed by atoms with Crippen LogP contribution in [-0.4, -0.2) is 12.0 Å². The molecule has 1 heterocycles. The molecule has 1 aromatic heterocycles. The van der Waals surface area contributed by atoms with E-state index in [9.17, 15) is 4.79 Å². The van der Waals surface area contributed by atoms with Crippen LogP contribution in [0.1, 0.15) is 36.2 Å². The van der Waals surface area contributed by atoms with Crippen molar-refractivity contribution < 1.29 is 9.21 Å². The molecule has 1 saturated carbocycles. The normalized spacial score (nSPS) is 17.4. The summed E-state index contributed by atoms with van der Waals surface area (Å²) in [7, 11) is 0. The maximum Gasteiger partial charge on any atom is 0.185 e. The predicted molar refractivity (Wildman–Crippen MR) is 56.8 cm³/mol. The van der Waals surface area contributed by atoms with E-state index in [0.717, 1.165) is 23.0 Å². The van der Waals surface area contributed by atoms with Crippen LogP contribution in [0.25, 0.3) is 0 Å². The smallest absolute Gasteiger partial charge is 0.185 e. The molecule has 76 valence electrons. The average Bonchev–Trinajstić information content (AvgIpc) is 2.86. The van der Waals surface area contributed by atoms with Gasteiger partial charge in [0.25, 0.3) is 0 Å². The molecule has 0 spiro atoms. The summed E-state index contributed by atoms with van der Waals surface area (Å²) < 4.78 is 5.29. The second-order valence-electron chi connectivity index (χ2n) is 3.74. The van der Waals surface area contributed by atoms with Gasteiger partial charge in [-0.05, 0) is 30.9 Å². The Morgan fingerprint density at radius 1 is 1.43 bits per heavy atom. The van der Waals surface area contributed by atoms with Gasteiger partial charge in [0.1, 0.15) is 0 Å². The van der Waals surface area contributed by atoms with Gasteiger partial charge < -0.3 is 4.42 Å². The summed E-state index contributed by atoms with van der Waals surface area (Å²) in [6, 6.07) is 3.60. The summed E-state index contributed by atoms with van der Waals surface area (Å²) in [6.07, 6.45) is 6.22. The first-order valence-corrected chi connectivity index (χ1v) is 6.05. The summed E-state index contributed by atoms with van der Waals surface area (Å²) in [5.74, 6) is 2.41. The van der Waals surface area contributed by atoms with E-state index in [1.807, 2.05) is 6.07 Å². The molecule has 1 aliphatic carbocycles. The molecule has 0 N–H and O–H groups in total. The van der Waals surface area contributed by atoms with Gasteiger partial charge in [0.2, 0.25) is 0 Å². The molecule has 0 aromatic carbocycles. The predicted octanol–water partition coefficient (Wildman–Crippen LogP) is 3.37. The quantitative estimate of drug-likeness (QED) is 0.563. The van der Waals surface area contributed by atoms with Crippen molar-refractivity contribution in [3.05, 3.63) is 17.9 Å². The largest absolute Gasteiger partial charge is 0.447 e. The summed E-state index contributed by atoms with van der Waals surface area (Å²) in [6.45, 7) is 0. The van der Waals surface area contributed by atoms with E-state index < -0.39 is 0 Å². The molecule has 1 aliphatic rings. The Hall–Kier alpha value is -0.700. The number of hydrogen-bond donors (Lipinski definition) is 0. The van der Waals surface area contributed by atoms with Gasteiger partial charge >= 0.3 is 0 Å². The molecular formula is C11H14O2S. The lowest BCUT2D eigenvalue weighted by Gasteiger charge is -2.05. The zero-order chi connectivity index (χ0) is 9.80. The molecule has 1 aromatic rings. The van der Waals surface area contributed by atoms with Gasteiger partial charge in [-0.15, -0.1) is 0 Å². The van der Waals surface area contributed by atoms with E-state index >= 15 is 0 Å². The average molecular weight is 210 g/mol. The second-order valence-corrected chi connectivity index (χ2v) is 4.76. The molecule has 1 fully saturated rings. The maximum absolute atomic E-state index is 10.4. The highest BCUT2D eigenvalue weighted by molar-refractivity contribution is 7.99. The fourth-order valence-corrected chi connectivity index (χ4v) is 2.91. The minimum atomic E-state index is 0.430. The van der Waals surface area contributed by atoms with E-state index in [1.54, 1.807) is 17.8 Å². The van der Waals surface area contributed by atoms with E-state index in [2.05, 4.69) is 0 Å². The van der Waals surface area contributed by atoms with Crippen molar-refractivity contribution in [1.82, 2.24) is 0 Å². The lowest BCUT2D eigenvalue weighted by molar-refractivity contribution is 0.109. The van der Waals surface area contributed by atoms with E-state index in [-0.39, 0.29) is 0 Å². The maximum atomic E-state index is 10.4. The Morgan fingerprint density at radius 2 is 2.21 bits per heavy atom. The van der Waals surface area contributed by atoms with E-state index in [0.29, 0.717) is 5.76 Å². The van der Waals surface area contributed by atoms with Gasteiger partial charge in [0, 0.05) is 5.75 Å². The number of aldehydes is 1. The van der Waals surface area contributed by atoms with Crippen LogP contribution in [0.5, 0.6) is 0 Å². The molecule has 0 saturated heterocycles. The van der Waals surface area contributed by atoms with Crippen molar-refractivity contribution in [1.29, 1.82) is 0 Å². The second kappa shape index (κ2) is 4.69. The highest BCUT2D eigenvalue weighted by Gasteiger charge is 2.15. The summed E-state index contributed by atoms with van der Waals surface area (Å²) in [5, 5.41) is 0.874. The van der Waals surface area contributed by atoms with Crippen molar-refractivity contribution >= 4 is 18.0 Å². The van der Waals surface area contributed by atoms with Crippen molar-refractivity contribution in [3.8, 4) is 0 Å². The molecule has 0 atom stereocenters. The molecule has 0 radical (unpaired) electrons. The zero-order valence-corrected chi connectivity index (χ0v) is 8.89. The van der Waals surface area contributed by atoms with Crippen LogP contribution in [-0.2, 0) is 0 Å². The third-order valence-corrected chi connectivity index (χ3v) is 3.80. The van der Waals surface area contributed by atoms with Crippen LogP contribution in [0.15, 0.2) is 21.6 Å². The lowest BCUT2D eigenvalue weighted by atomic mass is 10.1. The number of carbonyl (C=O) groups is 1. The van der Waals surface area contributed by atoms with Gasteiger partial charge in [0.05, 0.1) is 0 Å². The first-order valence-electron chi connectivity index (χ1n) is 5.06.